The van der Waals surface area contributed by atoms with E-state index in [2.05, 4.69) is 0 Å². The molecule has 122 valence electrons. The topological polar surface area (TPSA) is 79.6 Å². The fraction of sp³-hybridized carbons (Fsp3) is 0.188. The van der Waals surface area contributed by atoms with E-state index in [9.17, 15) is 13.2 Å². The van der Waals surface area contributed by atoms with Gasteiger partial charge in [0.05, 0.1) is 10.6 Å². The molecule has 0 aliphatic carbocycles. The van der Waals surface area contributed by atoms with Gasteiger partial charge in [0, 0.05) is 18.8 Å². The molecule has 0 radical (unpaired) electrons. The molecule has 0 atom stereocenters. The maximum Gasteiger partial charge on any atom is 0.328 e. The molecular formula is C16H18N2O4S. The highest BCUT2D eigenvalue weighted by Crippen LogP contribution is 2.18. The van der Waals surface area contributed by atoms with Crippen LogP contribution >= 0.6 is 0 Å². The van der Waals surface area contributed by atoms with E-state index < -0.39 is 16.0 Å². The molecule has 0 saturated heterocycles. The summed E-state index contributed by atoms with van der Waals surface area (Å²) in [4.78, 5) is 12.7. The fourth-order valence-electron chi connectivity index (χ4n) is 2.13. The molecule has 0 unspecified atom stereocenters. The molecule has 1 N–H and O–H groups in total. The van der Waals surface area contributed by atoms with Gasteiger partial charge in [-0.25, -0.2) is 17.2 Å². The van der Waals surface area contributed by atoms with Crippen LogP contribution in [0.5, 0.6) is 0 Å². The van der Waals surface area contributed by atoms with Gasteiger partial charge in [0.1, 0.15) is 0 Å². The number of hydrogen-bond acceptors (Lipinski definition) is 4. The lowest BCUT2D eigenvalue weighted by Crippen LogP contribution is -2.14. The van der Waals surface area contributed by atoms with Crippen LogP contribution in [0.25, 0.3) is 6.08 Å². The lowest BCUT2D eigenvalue weighted by Gasteiger charge is -2.11. The average molecular weight is 334 g/mol. The molecule has 0 aliphatic heterocycles. The predicted molar refractivity (Wildman–Crippen MR) is 87.5 cm³/mol. The van der Waals surface area contributed by atoms with E-state index in [1.165, 1.54) is 18.3 Å². The van der Waals surface area contributed by atoms with E-state index in [1.54, 1.807) is 30.3 Å². The molecular weight excluding hydrogens is 316 g/mol. The van der Waals surface area contributed by atoms with Gasteiger partial charge in [0.25, 0.3) is 10.0 Å². The van der Waals surface area contributed by atoms with Gasteiger partial charge in [0.2, 0.25) is 0 Å². The fourth-order valence-corrected chi connectivity index (χ4v) is 3.47. The summed E-state index contributed by atoms with van der Waals surface area (Å²) < 4.78 is 26.4. The summed E-state index contributed by atoms with van der Waals surface area (Å²) >= 11 is 0. The van der Waals surface area contributed by atoms with Crippen LogP contribution in [0.4, 0.5) is 0 Å². The number of carbonyl (C=O) groups is 1. The third kappa shape index (κ3) is 4.08. The lowest BCUT2D eigenvalue weighted by molar-refractivity contribution is -0.131. The number of rotatable bonds is 6. The van der Waals surface area contributed by atoms with Crippen molar-refractivity contribution in [3.63, 3.8) is 0 Å². The molecule has 6 nitrogen and oxygen atoms in total. The molecule has 1 aromatic carbocycles. The van der Waals surface area contributed by atoms with Crippen LogP contribution in [0.2, 0.25) is 0 Å². The second kappa shape index (κ2) is 6.80. The molecule has 2 aromatic rings. The minimum atomic E-state index is -3.76. The van der Waals surface area contributed by atoms with E-state index in [0.717, 1.165) is 22.2 Å². The van der Waals surface area contributed by atoms with Crippen molar-refractivity contribution in [2.24, 2.45) is 0 Å². The third-order valence-electron chi connectivity index (χ3n) is 3.12. The zero-order valence-electron chi connectivity index (χ0n) is 12.9. The van der Waals surface area contributed by atoms with Gasteiger partial charge in [-0.3, -0.25) is 0 Å². The Morgan fingerprint density at radius 2 is 1.87 bits per heavy atom. The molecule has 2 rings (SSSR count). The monoisotopic (exact) mass is 334 g/mol. The normalized spacial score (nSPS) is 12.1. The van der Waals surface area contributed by atoms with Gasteiger partial charge in [-0.05, 0) is 50.0 Å². The zero-order valence-corrected chi connectivity index (χ0v) is 13.7. The standard InChI is InChI=1S/C16H18N2O4S/c1-17(2)12-13-5-8-15(9-6-13)23(21,22)18-11-3-4-14(18)7-10-16(19)20/h3-11H,12H2,1-2H3,(H,19,20). The van der Waals surface area contributed by atoms with Crippen LogP contribution in [-0.2, 0) is 21.4 Å². The second-order valence-electron chi connectivity index (χ2n) is 5.29. The lowest BCUT2D eigenvalue weighted by atomic mass is 10.2. The number of nitrogens with zero attached hydrogens (tertiary/aromatic N) is 2. The van der Waals surface area contributed by atoms with Crippen LogP contribution in [0.15, 0.2) is 53.6 Å². The first-order valence-corrected chi connectivity index (χ1v) is 8.32. The Balaban J connectivity index is 2.36. The molecule has 23 heavy (non-hydrogen) atoms. The van der Waals surface area contributed by atoms with E-state index >= 15 is 0 Å². The molecule has 0 spiro atoms. The number of benzene rings is 1. The van der Waals surface area contributed by atoms with Crippen molar-refractivity contribution in [3.05, 3.63) is 59.9 Å². The van der Waals surface area contributed by atoms with E-state index in [1.807, 2.05) is 19.0 Å². The van der Waals surface area contributed by atoms with Crippen molar-refractivity contribution in [2.75, 3.05) is 14.1 Å². The SMILES string of the molecule is CN(C)Cc1ccc(S(=O)(=O)n2cccc2C=CC(=O)O)cc1. The average Bonchev–Trinajstić information content (AvgIpc) is 2.94. The Morgan fingerprint density at radius 3 is 2.43 bits per heavy atom. The minimum absolute atomic E-state index is 0.154. The van der Waals surface area contributed by atoms with Gasteiger partial charge in [-0.15, -0.1) is 0 Å². The van der Waals surface area contributed by atoms with Crippen molar-refractivity contribution in [3.8, 4) is 0 Å². The molecule has 0 bridgehead atoms. The quantitative estimate of drug-likeness (QED) is 0.816. The van der Waals surface area contributed by atoms with Crippen LogP contribution in [-0.4, -0.2) is 42.5 Å². The number of aromatic nitrogens is 1. The summed E-state index contributed by atoms with van der Waals surface area (Å²) in [5, 5.41) is 8.68. The molecule has 0 amide bonds. The first-order chi connectivity index (χ1) is 10.8. The Labute approximate surface area is 135 Å². The largest absolute Gasteiger partial charge is 0.478 e. The summed E-state index contributed by atoms with van der Waals surface area (Å²) in [6.45, 7) is 0.719. The summed E-state index contributed by atoms with van der Waals surface area (Å²) in [6, 6.07) is 9.74. The van der Waals surface area contributed by atoms with Crippen LogP contribution in [0.1, 0.15) is 11.3 Å². The number of carboxylic acids is 1. The molecule has 1 heterocycles. The highest BCUT2D eigenvalue weighted by molar-refractivity contribution is 7.90. The van der Waals surface area contributed by atoms with Gasteiger partial charge < -0.3 is 10.0 Å². The van der Waals surface area contributed by atoms with Gasteiger partial charge >= 0.3 is 5.97 Å². The van der Waals surface area contributed by atoms with Crippen LogP contribution < -0.4 is 0 Å². The number of hydrogen-bond donors (Lipinski definition) is 1. The Bertz CT molecular complexity index is 818. The van der Waals surface area contributed by atoms with Crippen molar-refractivity contribution < 1.29 is 18.3 Å². The van der Waals surface area contributed by atoms with Gasteiger partial charge in [0.15, 0.2) is 0 Å². The smallest absolute Gasteiger partial charge is 0.328 e. The zero-order chi connectivity index (χ0) is 17.0. The summed E-state index contributed by atoms with van der Waals surface area (Å²) in [6.07, 6.45) is 3.55. The Morgan fingerprint density at radius 1 is 1.22 bits per heavy atom. The molecule has 7 heteroatoms. The number of carboxylic acid groups (broad SMARTS) is 1. The summed E-state index contributed by atoms with van der Waals surface area (Å²) in [7, 11) is 0.112. The second-order valence-corrected chi connectivity index (χ2v) is 7.10. The van der Waals surface area contributed by atoms with E-state index in [4.69, 9.17) is 5.11 Å². The van der Waals surface area contributed by atoms with E-state index in [0.29, 0.717) is 0 Å². The maximum atomic E-state index is 12.7. The number of aliphatic carboxylic acids is 1. The molecule has 0 fully saturated rings. The Hall–Kier alpha value is -2.38. The van der Waals surface area contributed by atoms with Crippen molar-refractivity contribution in [2.45, 2.75) is 11.4 Å². The van der Waals surface area contributed by atoms with E-state index in [-0.39, 0.29) is 10.6 Å². The van der Waals surface area contributed by atoms with Gasteiger partial charge in [-0.2, -0.15) is 0 Å². The third-order valence-corrected chi connectivity index (χ3v) is 4.84. The maximum absolute atomic E-state index is 12.7. The van der Waals surface area contributed by atoms with Gasteiger partial charge in [-0.1, -0.05) is 12.1 Å². The molecule has 0 saturated carbocycles. The predicted octanol–water partition coefficient (Wildman–Crippen LogP) is 1.88. The highest BCUT2D eigenvalue weighted by atomic mass is 32.2. The van der Waals surface area contributed by atoms with Crippen molar-refractivity contribution in [1.82, 2.24) is 8.87 Å². The van der Waals surface area contributed by atoms with Crippen molar-refractivity contribution in [1.29, 1.82) is 0 Å². The minimum Gasteiger partial charge on any atom is -0.478 e. The first-order valence-electron chi connectivity index (χ1n) is 6.88. The first kappa shape index (κ1) is 17.0. The van der Waals surface area contributed by atoms with Crippen LogP contribution in [0.3, 0.4) is 0 Å². The molecule has 1 aromatic heterocycles. The van der Waals surface area contributed by atoms with Crippen molar-refractivity contribution >= 4 is 22.1 Å². The highest BCUT2D eigenvalue weighted by Gasteiger charge is 2.18. The summed E-state index contributed by atoms with van der Waals surface area (Å²) in [5.41, 5.74) is 1.29. The van der Waals surface area contributed by atoms with Crippen LogP contribution in [0, 0.1) is 0 Å². The Kier molecular flexibility index (Phi) is 5.02. The summed E-state index contributed by atoms with van der Waals surface area (Å²) in [5.74, 6) is -1.14. The molecule has 0 aliphatic rings.